The fraction of sp³-hybridized carbons (Fsp3) is 0.133. The van der Waals surface area contributed by atoms with Crippen LogP contribution in [0, 0.1) is 13.8 Å². The number of rotatable bonds is 4. The van der Waals surface area contributed by atoms with Crippen LogP contribution in [0.2, 0.25) is 0 Å². The molecule has 0 aliphatic rings. The number of anilines is 1. The second-order valence-electron chi connectivity index (χ2n) is 4.63. The standard InChI is InChI=1S/C15H14N2O3S/c1-11-4-3-5-13(8-11)17-21(19,20)14-7-6-12(2)15(9-14)16-10-18/h3-9,17H,1-2H3. The fourth-order valence-corrected chi connectivity index (χ4v) is 2.92. The number of isocyanates is 1. The topological polar surface area (TPSA) is 75.6 Å². The Morgan fingerprint density at radius 2 is 1.86 bits per heavy atom. The Labute approximate surface area is 123 Å². The van der Waals surface area contributed by atoms with E-state index < -0.39 is 10.0 Å². The highest BCUT2D eigenvalue weighted by Gasteiger charge is 2.15. The lowest BCUT2D eigenvalue weighted by Gasteiger charge is -2.09. The third-order valence-corrected chi connectivity index (χ3v) is 4.31. The van der Waals surface area contributed by atoms with E-state index in [-0.39, 0.29) is 10.6 Å². The highest BCUT2D eigenvalue weighted by atomic mass is 32.2. The van der Waals surface area contributed by atoms with E-state index in [0.29, 0.717) is 11.3 Å². The zero-order valence-electron chi connectivity index (χ0n) is 11.6. The van der Waals surface area contributed by atoms with Gasteiger partial charge in [-0.05, 0) is 49.2 Å². The lowest BCUT2D eigenvalue weighted by Crippen LogP contribution is -2.13. The monoisotopic (exact) mass is 302 g/mol. The number of hydrogen-bond donors (Lipinski definition) is 1. The molecule has 0 amide bonds. The van der Waals surface area contributed by atoms with Gasteiger partial charge < -0.3 is 0 Å². The summed E-state index contributed by atoms with van der Waals surface area (Å²) in [6, 6.07) is 11.5. The first-order valence-electron chi connectivity index (χ1n) is 6.20. The normalized spacial score (nSPS) is 10.8. The molecule has 0 aliphatic carbocycles. The first kappa shape index (κ1) is 15.0. The molecule has 2 rings (SSSR count). The van der Waals surface area contributed by atoms with Gasteiger partial charge in [0.1, 0.15) is 0 Å². The molecule has 0 saturated heterocycles. The Kier molecular flexibility index (Phi) is 4.21. The van der Waals surface area contributed by atoms with Crippen molar-refractivity contribution < 1.29 is 13.2 Å². The molecule has 0 aliphatic heterocycles. The minimum Gasteiger partial charge on any atom is -0.280 e. The van der Waals surface area contributed by atoms with Gasteiger partial charge in [0.25, 0.3) is 10.0 Å². The van der Waals surface area contributed by atoms with Gasteiger partial charge in [-0.25, -0.2) is 13.2 Å². The molecule has 0 saturated carbocycles. The summed E-state index contributed by atoms with van der Waals surface area (Å²) in [5.74, 6) is 0. The average Bonchev–Trinajstić information content (AvgIpc) is 2.41. The Morgan fingerprint density at radius 3 is 2.52 bits per heavy atom. The Bertz CT molecular complexity index is 823. The molecule has 0 atom stereocenters. The van der Waals surface area contributed by atoms with Gasteiger partial charge in [-0.2, -0.15) is 4.99 Å². The van der Waals surface area contributed by atoms with Crippen LogP contribution in [-0.2, 0) is 14.8 Å². The molecule has 0 heterocycles. The number of nitrogens with zero attached hydrogens (tertiary/aromatic N) is 1. The van der Waals surface area contributed by atoms with Gasteiger partial charge in [-0.1, -0.05) is 18.2 Å². The number of aliphatic imine (C=N–C) groups is 1. The molecular weight excluding hydrogens is 288 g/mol. The first-order chi connectivity index (χ1) is 9.92. The Hall–Kier alpha value is -2.43. The molecule has 0 unspecified atom stereocenters. The fourth-order valence-electron chi connectivity index (χ4n) is 1.85. The van der Waals surface area contributed by atoms with E-state index in [1.165, 1.54) is 18.2 Å². The van der Waals surface area contributed by atoms with Gasteiger partial charge in [0.2, 0.25) is 6.08 Å². The van der Waals surface area contributed by atoms with Crippen molar-refractivity contribution in [3.05, 3.63) is 53.6 Å². The molecular formula is C15H14N2O3S. The number of benzene rings is 2. The maximum absolute atomic E-state index is 12.3. The quantitative estimate of drug-likeness (QED) is 0.696. The molecule has 0 fully saturated rings. The SMILES string of the molecule is Cc1cccc(NS(=O)(=O)c2ccc(C)c(N=C=O)c2)c1. The number of aryl methyl sites for hydroxylation is 2. The van der Waals surface area contributed by atoms with Gasteiger partial charge in [-0.15, -0.1) is 0 Å². The third kappa shape index (κ3) is 3.56. The summed E-state index contributed by atoms with van der Waals surface area (Å²) in [4.78, 5) is 13.9. The Morgan fingerprint density at radius 1 is 1.10 bits per heavy atom. The van der Waals surface area contributed by atoms with Crippen molar-refractivity contribution >= 4 is 27.5 Å². The van der Waals surface area contributed by atoms with Crippen LogP contribution in [0.3, 0.4) is 0 Å². The van der Waals surface area contributed by atoms with Crippen LogP contribution in [0.1, 0.15) is 11.1 Å². The summed E-state index contributed by atoms with van der Waals surface area (Å²) in [7, 11) is -3.73. The van der Waals surface area contributed by atoms with Gasteiger partial charge in [-0.3, -0.25) is 4.72 Å². The zero-order valence-corrected chi connectivity index (χ0v) is 12.4. The molecule has 0 aromatic heterocycles. The van der Waals surface area contributed by atoms with Crippen LogP contribution in [0.25, 0.3) is 0 Å². The van der Waals surface area contributed by atoms with Gasteiger partial charge in [0.15, 0.2) is 0 Å². The molecule has 6 heteroatoms. The molecule has 1 N–H and O–H groups in total. The van der Waals surface area contributed by atoms with Crippen LogP contribution in [0.5, 0.6) is 0 Å². The molecule has 21 heavy (non-hydrogen) atoms. The van der Waals surface area contributed by atoms with Gasteiger partial charge >= 0.3 is 0 Å². The maximum Gasteiger partial charge on any atom is 0.261 e. The van der Waals surface area contributed by atoms with Crippen LogP contribution in [0.15, 0.2) is 52.4 Å². The summed E-state index contributed by atoms with van der Waals surface area (Å²) in [6.45, 7) is 3.61. The second kappa shape index (κ2) is 5.91. The van der Waals surface area contributed by atoms with E-state index in [9.17, 15) is 13.2 Å². The van der Waals surface area contributed by atoms with E-state index in [4.69, 9.17) is 0 Å². The van der Waals surface area contributed by atoms with Crippen LogP contribution >= 0.6 is 0 Å². The summed E-state index contributed by atoms with van der Waals surface area (Å²) in [6.07, 6.45) is 1.42. The Balaban J connectivity index is 2.40. The highest BCUT2D eigenvalue weighted by Crippen LogP contribution is 2.24. The third-order valence-electron chi connectivity index (χ3n) is 2.93. The molecule has 2 aromatic rings. The minimum absolute atomic E-state index is 0.0450. The lowest BCUT2D eigenvalue weighted by atomic mass is 10.2. The van der Waals surface area contributed by atoms with Crippen LogP contribution < -0.4 is 4.72 Å². The van der Waals surface area contributed by atoms with Crippen molar-refractivity contribution in [2.24, 2.45) is 4.99 Å². The number of nitrogens with one attached hydrogen (secondary N) is 1. The summed E-state index contributed by atoms with van der Waals surface area (Å²) in [5.41, 5.74) is 2.42. The van der Waals surface area contributed by atoms with Crippen LogP contribution in [0.4, 0.5) is 11.4 Å². The summed E-state index contributed by atoms with van der Waals surface area (Å²) >= 11 is 0. The number of hydrogen-bond acceptors (Lipinski definition) is 4. The van der Waals surface area contributed by atoms with Crippen molar-refractivity contribution in [2.75, 3.05) is 4.72 Å². The van der Waals surface area contributed by atoms with Crippen molar-refractivity contribution in [1.82, 2.24) is 0 Å². The largest absolute Gasteiger partial charge is 0.280 e. The zero-order chi connectivity index (χ0) is 15.5. The molecule has 0 spiro atoms. The van der Waals surface area contributed by atoms with Crippen molar-refractivity contribution in [3.63, 3.8) is 0 Å². The molecule has 2 aromatic carbocycles. The predicted octanol–water partition coefficient (Wildman–Crippen LogP) is 3.07. The van der Waals surface area contributed by atoms with Crippen LogP contribution in [-0.4, -0.2) is 14.5 Å². The molecule has 0 bridgehead atoms. The van der Waals surface area contributed by atoms with Gasteiger partial charge in [0, 0.05) is 5.69 Å². The van der Waals surface area contributed by atoms with Crippen molar-refractivity contribution in [2.45, 2.75) is 18.7 Å². The van der Waals surface area contributed by atoms with E-state index >= 15 is 0 Å². The highest BCUT2D eigenvalue weighted by molar-refractivity contribution is 7.92. The predicted molar refractivity (Wildman–Crippen MR) is 80.9 cm³/mol. The molecule has 5 nitrogen and oxygen atoms in total. The average molecular weight is 302 g/mol. The first-order valence-corrected chi connectivity index (χ1v) is 7.69. The molecule has 0 radical (unpaired) electrons. The van der Waals surface area contributed by atoms with E-state index in [0.717, 1.165) is 5.56 Å². The van der Waals surface area contributed by atoms with Crippen molar-refractivity contribution in [1.29, 1.82) is 0 Å². The van der Waals surface area contributed by atoms with Gasteiger partial charge in [0.05, 0.1) is 10.6 Å². The lowest BCUT2D eigenvalue weighted by molar-refractivity contribution is 0.565. The molecule has 108 valence electrons. The number of sulfonamides is 1. The van der Waals surface area contributed by atoms with E-state index in [1.54, 1.807) is 31.2 Å². The summed E-state index contributed by atoms with van der Waals surface area (Å²) < 4.78 is 27.2. The summed E-state index contributed by atoms with van der Waals surface area (Å²) in [5, 5.41) is 0. The smallest absolute Gasteiger partial charge is 0.261 e. The van der Waals surface area contributed by atoms with E-state index in [1.807, 2.05) is 13.0 Å². The minimum atomic E-state index is -3.73. The number of carbonyl (C=O) groups excluding carboxylic acids is 1. The maximum atomic E-state index is 12.3. The second-order valence-corrected chi connectivity index (χ2v) is 6.31. The van der Waals surface area contributed by atoms with E-state index in [2.05, 4.69) is 9.71 Å². The van der Waals surface area contributed by atoms with Crippen molar-refractivity contribution in [3.8, 4) is 0 Å².